The molecule has 0 atom stereocenters. The molecule has 1 fully saturated rings. The van der Waals surface area contributed by atoms with Crippen LogP contribution < -0.4 is 4.90 Å². The molecule has 0 spiro atoms. The molecule has 6 heteroatoms. The molecule has 5 nitrogen and oxygen atoms in total. The van der Waals surface area contributed by atoms with Crippen LogP contribution in [0.4, 0.5) is 5.13 Å². The Morgan fingerprint density at radius 1 is 1.35 bits per heavy atom. The molecule has 0 bridgehead atoms. The number of carbonyl (C=O) groups excluding carboxylic acids is 1. The van der Waals surface area contributed by atoms with Crippen LogP contribution in [0.2, 0.25) is 0 Å². The molecule has 0 radical (unpaired) electrons. The number of hydrogen-bond acceptors (Lipinski definition) is 6. The number of nitrogens with zero attached hydrogens (tertiary/aromatic N) is 3. The van der Waals surface area contributed by atoms with Crippen LogP contribution >= 0.6 is 11.3 Å². The summed E-state index contributed by atoms with van der Waals surface area (Å²) < 4.78 is 4.74. The fourth-order valence-electron chi connectivity index (χ4n) is 1.80. The van der Waals surface area contributed by atoms with E-state index in [1.165, 1.54) is 18.4 Å². The fraction of sp³-hybridized carbons (Fsp3) is 0.636. The van der Waals surface area contributed by atoms with Gasteiger partial charge in [0, 0.05) is 26.2 Å². The Kier molecular flexibility index (Phi) is 3.63. The molecule has 1 aliphatic heterocycles. The van der Waals surface area contributed by atoms with E-state index in [4.69, 9.17) is 4.74 Å². The molecule has 0 aliphatic carbocycles. The van der Waals surface area contributed by atoms with Gasteiger partial charge in [-0.15, -0.1) is 0 Å². The summed E-state index contributed by atoms with van der Waals surface area (Å²) in [6.45, 7) is 5.84. The summed E-state index contributed by atoms with van der Waals surface area (Å²) in [5.74, 6) is -0.291. The summed E-state index contributed by atoms with van der Waals surface area (Å²) in [7, 11) is 3.52. The molecule has 94 valence electrons. The average Bonchev–Trinajstić information content (AvgIpc) is 2.71. The lowest BCUT2D eigenvalue weighted by atomic mass is 10.3. The maximum absolute atomic E-state index is 11.5. The molecule has 1 aliphatic rings. The Morgan fingerprint density at radius 2 is 2.00 bits per heavy atom. The second kappa shape index (κ2) is 5.01. The van der Waals surface area contributed by atoms with E-state index >= 15 is 0 Å². The highest BCUT2D eigenvalue weighted by Crippen LogP contribution is 2.27. The van der Waals surface area contributed by atoms with Crippen LogP contribution in [-0.2, 0) is 4.74 Å². The number of piperazine rings is 1. The maximum atomic E-state index is 11.5. The van der Waals surface area contributed by atoms with Gasteiger partial charge in [0.25, 0.3) is 0 Å². The van der Waals surface area contributed by atoms with E-state index in [1.54, 1.807) is 0 Å². The lowest BCUT2D eigenvalue weighted by Gasteiger charge is -2.32. The van der Waals surface area contributed by atoms with Crippen molar-refractivity contribution < 1.29 is 9.53 Å². The van der Waals surface area contributed by atoms with Crippen molar-refractivity contribution in [3.05, 3.63) is 10.6 Å². The first-order valence-electron chi connectivity index (χ1n) is 5.61. The highest BCUT2D eigenvalue weighted by atomic mass is 32.1. The Balaban J connectivity index is 2.14. The fourth-order valence-corrected chi connectivity index (χ4v) is 2.83. The van der Waals surface area contributed by atoms with Crippen molar-refractivity contribution in [2.75, 3.05) is 45.2 Å². The van der Waals surface area contributed by atoms with Crippen LogP contribution in [0.3, 0.4) is 0 Å². The molecular formula is C11H17N3O2S. The number of thiazole rings is 1. The molecule has 0 saturated carbocycles. The van der Waals surface area contributed by atoms with Gasteiger partial charge in [-0.2, -0.15) is 0 Å². The van der Waals surface area contributed by atoms with Gasteiger partial charge in [-0.05, 0) is 14.0 Å². The second-order valence-electron chi connectivity index (χ2n) is 4.19. The minimum absolute atomic E-state index is 0.291. The quantitative estimate of drug-likeness (QED) is 0.737. The van der Waals surface area contributed by atoms with Gasteiger partial charge < -0.3 is 14.5 Å². The topological polar surface area (TPSA) is 45.7 Å². The predicted molar refractivity (Wildman–Crippen MR) is 67.9 cm³/mol. The predicted octanol–water partition coefficient (Wildman–Crippen LogP) is 0.990. The van der Waals surface area contributed by atoms with Gasteiger partial charge in [-0.3, -0.25) is 0 Å². The summed E-state index contributed by atoms with van der Waals surface area (Å²) in [5, 5.41) is 0.927. The van der Waals surface area contributed by atoms with E-state index in [1.807, 2.05) is 6.92 Å². The Bertz CT molecular complexity index is 411. The third kappa shape index (κ3) is 2.58. The monoisotopic (exact) mass is 255 g/mol. The van der Waals surface area contributed by atoms with Crippen LogP contribution in [0, 0.1) is 6.92 Å². The number of methoxy groups -OCH3 is 1. The van der Waals surface area contributed by atoms with Crippen molar-refractivity contribution in [2.24, 2.45) is 0 Å². The van der Waals surface area contributed by atoms with Gasteiger partial charge in [0.2, 0.25) is 0 Å². The van der Waals surface area contributed by atoms with Crippen LogP contribution in [0.5, 0.6) is 0 Å². The number of hydrogen-bond donors (Lipinski definition) is 0. The molecule has 17 heavy (non-hydrogen) atoms. The zero-order valence-electron chi connectivity index (χ0n) is 10.4. The average molecular weight is 255 g/mol. The van der Waals surface area contributed by atoms with Crippen LogP contribution in [0.25, 0.3) is 0 Å². The van der Waals surface area contributed by atoms with Crippen LogP contribution in [0.1, 0.15) is 15.4 Å². The number of ether oxygens (including phenoxy) is 1. The molecule has 2 rings (SSSR count). The van der Waals surface area contributed by atoms with Crippen molar-refractivity contribution in [3.63, 3.8) is 0 Å². The Hall–Kier alpha value is -1.14. The normalized spacial score (nSPS) is 17.2. The van der Waals surface area contributed by atoms with E-state index < -0.39 is 0 Å². The molecule has 0 aromatic carbocycles. The molecule has 0 unspecified atom stereocenters. The van der Waals surface area contributed by atoms with E-state index in [0.29, 0.717) is 4.88 Å². The zero-order valence-corrected chi connectivity index (χ0v) is 11.2. The first kappa shape index (κ1) is 12.3. The zero-order chi connectivity index (χ0) is 12.4. The first-order valence-corrected chi connectivity index (χ1v) is 6.42. The van der Waals surface area contributed by atoms with Crippen molar-refractivity contribution in [2.45, 2.75) is 6.92 Å². The van der Waals surface area contributed by atoms with Crippen molar-refractivity contribution in [1.82, 2.24) is 9.88 Å². The third-order valence-electron chi connectivity index (χ3n) is 2.93. The highest BCUT2D eigenvalue weighted by Gasteiger charge is 2.21. The largest absolute Gasteiger partial charge is 0.465 e. The molecular weight excluding hydrogens is 238 g/mol. The van der Waals surface area contributed by atoms with Gasteiger partial charge in [0.15, 0.2) is 5.13 Å². The number of anilines is 1. The van der Waals surface area contributed by atoms with Gasteiger partial charge in [0.05, 0.1) is 12.8 Å². The lowest BCUT2D eigenvalue weighted by molar-refractivity contribution is 0.0605. The summed E-state index contributed by atoms with van der Waals surface area (Å²) >= 11 is 1.42. The van der Waals surface area contributed by atoms with E-state index in [9.17, 15) is 4.79 Å². The third-order valence-corrected chi connectivity index (χ3v) is 4.13. The number of aromatic nitrogens is 1. The molecule has 1 saturated heterocycles. The molecule has 2 heterocycles. The number of esters is 1. The highest BCUT2D eigenvalue weighted by molar-refractivity contribution is 7.17. The van der Waals surface area contributed by atoms with E-state index in [2.05, 4.69) is 21.8 Å². The van der Waals surface area contributed by atoms with Crippen molar-refractivity contribution in [1.29, 1.82) is 0 Å². The lowest BCUT2D eigenvalue weighted by Crippen LogP contribution is -2.44. The SMILES string of the molecule is COC(=O)c1sc(N2CCN(C)CC2)nc1C. The standard InChI is InChI=1S/C11H17N3O2S/c1-8-9(10(15)16-3)17-11(12-8)14-6-4-13(2)5-7-14/h4-7H2,1-3H3. The second-order valence-corrected chi connectivity index (χ2v) is 5.17. The van der Waals surface area contributed by atoms with Crippen LogP contribution in [0.15, 0.2) is 0 Å². The minimum atomic E-state index is -0.291. The molecule has 1 aromatic rings. The smallest absolute Gasteiger partial charge is 0.350 e. The van der Waals surface area contributed by atoms with Crippen molar-refractivity contribution in [3.8, 4) is 0 Å². The summed E-state index contributed by atoms with van der Waals surface area (Å²) in [5.41, 5.74) is 0.760. The summed E-state index contributed by atoms with van der Waals surface area (Å²) in [4.78, 5) is 21.1. The summed E-state index contributed by atoms with van der Waals surface area (Å²) in [6.07, 6.45) is 0. The van der Waals surface area contributed by atoms with E-state index in [0.717, 1.165) is 37.0 Å². The number of carbonyl (C=O) groups is 1. The number of aryl methyl sites for hydroxylation is 1. The van der Waals surface area contributed by atoms with Gasteiger partial charge in [-0.25, -0.2) is 9.78 Å². The number of rotatable bonds is 2. The Morgan fingerprint density at radius 3 is 2.59 bits per heavy atom. The molecule has 1 aromatic heterocycles. The van der Waals surface area contributed by atoms with Gasteiger partial charge in [-0.1, -0.05) is 11.3 Å². The molecule has 0 N–H and O–H groups in total. The minimum Gasteiger partial charge on any atom is -0.465 e. The first-order chi connectivity index (χ1) is 8.11. The molecule has 0 amide bonds. The van der Waals surface area contributed by atoms with Gasteiger partial charge in [0.1, 0.15) is 4.88 Å². The number of likely N-dealkylation sites (N-methyl/N-ethyl adjacent to an activating group) is 1. The van der Waals surface area contributed by atoms with Gasteiger partial charge >= 0.3 is 5.97 Å². The Labute approximate surface area is 105 Å². The van der Waals surface area contributed by atoms with Crippen molar-refractivity contribution >= 4 is 22.4 Å². The maximum Gasteiger partial charge on any atom is 0.350 e. The summed E-state index contributed by atoms with van der Waals surface area (Å²) in [6, 6.07) is 0. The van der Waals surface area contributed by atoms with E-state index in [-0.39, 0.29) is 5.97 Å². The van der Waals surface area contributed by atoms with Crippen LogP contribution in [-0.4, -0.2) is 56.2 Å².